The Bertz CT molecular complexity index is 962. The van der Waals surface area contributed by atoms with Crippen molar-refractivity contribution in [1.82, 2.24) is 29.4 Å². The number of nitrogens with zero attached hydrogens (tertiary/aromatic N) is 6. The van der Waals surface area contributed by atoms with Crippen molar-refractivity contribution in [3.05, 3.63) is 53.5 Å². The Morgan fingerprint density at radius 3 is 2.86 bits per heavy atom. The van der Waals surface area contributed by atoms with E-state index in [2.05, 4.69) is 22.3 Å². The molecule has 2 aromatic heterocycles. The number of fused-ring (bicyclic) bond motifs is 1. The molecule has 1 amide bonds. The van der Waals surface area contributed by atoms with Crippen molar-refractivity contribution in [2.45, 2.75) is 25.9 Å². The molecule has 0 saturated heterocycles. The Balaban J connectivity index is 1.63. The monoisotopic (exact) mass is 380 g/mol. The number of amides is 1. The number of carbonyl (C=O) groups excluding carboxylic acids is 1. The van der Waals surface area contributed by atoms with Gasteiger partial charge < -0.3 is 14.2 Å². The van der Waals surface area contributed by atoms with Crippen molar-refractivity contribution in [2.24, 2.45) is 7.05 Å². The molecule has 0 radical (unpaired) electrons. The van der Waals surface area contributed by atoms with E-state index in [-0.39, 0.29) is 5.91 Å². The van der Waals surface area contributed by atoms with Crippen LogP contribution >= 0.6 is 0 Å². The maximum atomic E-state index is 12.5. The molecule has 28 heavy (non-hydrogen) atoms. The van der Waals surface area contributed by atoms with Crippen LogP contribution in [-0.2, 0) is 36.1 Å². The quantitative estimate of drug-likeness (QED) is 0.650. The van der Waals surface area contributed by atoms with Gasteiger partial charge in [-0.05, 0) is 5.56 Å². The molecule has 0 bridgehead atoms. The third-order valence-electron chi connectivity index (χ3n) is 5.14. The van der Waals surface area contributed by atoms with E-state index in [4.69, 9.17) is 9.84 Å². The summed E-state index contributed by atoms with van der Waals surface area (Å²) in [4.78, 5) is 14.3. The molecule has 0 spiro atoms. The molecule has 8 heteroatoms. The Kier molecular flexibility index (Phi) is 5.21. The minimum Gasteiger partial charge on any atom is -0.384 e. The minimum atomic E-state index is 0.105. The van der Waals surface area contributed by atoms with Crippen molar-refractivity contribution in [1.29, 1.82) is 0 Å². The van der Waals surface area contributed by atoms with Gasteiger partial charge in [0, 0.05) is 44.9 Å². The zero-order chi connectivity index (χ0) is 19.5. The SMILES string of the molecule is COCCC(=O)N1CCc2c(c(-c3nncn3Cc3ccccc3)nn2C)C1. The van der Waals surface area contributed by atoms with E-state index < -0.39 is 0 Å². The summed E-state index contributed by atoms with van der Waals surface area (Å²) >= 11 is 0. The van der Waals surface area contributed by atoms with E-state index in [1.165, 1.54) is 5.56 Å². The third kappa shape index (κ3) is 3.55. The number of hydrogen-bond acceptors (Lipinski definition) is 5. The summed E-state index contributed by atoms with van der Waals surface area (Å²) in [5.41, 5.74) is 4.18. The fourth-order valence-corrected chi connectivity index (χ4v) is 3.67. The number of aryl methyl sites for hydroxylation is 1. The maximum Gasteiger partial charge on any atom is 0.225 e. The average Bonchev–Trinajstić information content (AvgIpc) is 3.30. The second-order valence-electron chi connectivity index (χ2n) is 6.97. The Morgan fingerprint density at radius 1 is 1.25 bits per heavy atom. The summed E-state index contributed by atoms with van der Waals surface area (Å²) in [6, 6.07) is 10.2. The summed E-state index contributed by atoms with van der Waals surface area (Å²) in [6.07, 6.45) is 2.91. The smallest absolute Gasteiger partial charge is 0.225 e. The number of rotatable bonds is 6. The lowest BCUT2D eigenvalue weighted by Crippen LogP contribution is -2.36. The number of carbonyl (C=O) groups is 1. The van der Waals surface area contributed by atoms with E-state index in [1.54, 1.807) is 13.4 Å². The van der Waals surface area contributed by atoms with Gasteiger partial charge in [0.25, 0.3) is 0 Å². The zero-order valence-corrected chi connectivity index (χ0v) is 16.2. The lowest BCUT2D eigenvalue weighted by molar-refractivity contribution is -0.133. The highest BCUT2D eigenvalue weighted by Gasteiger charge is 2.28. The van der Waals surface area contributed by atoms with Crippen LogP contribution in [0.3, 0.4) is 0 Å². The first-order valence-corrected chi connectivity index (χ1v) is 9.41. The second kappa shape index (κ2) is 7.93. The molecule has 3 heterocycles. The predicted molar refractivity (Wildman–Crippen MR) is 103 cm³/mol. The molecule has 1 aromatic carbocycles. The first-order chi connectivity index (χ1) is 13.7. The first-order valence-electron chi connectivity index (χ1n) is 9.41. The van der Waals surface area contributed by atoms with Gasteiger partial charge >= 0.3 is 0 Å². The van der Waals surface area contributed by atoms with Gasteiger partial charge in [0.05, 0.1) is 19.6 Å². The molecule has 0 saturated carbocycles. The van der Waals surface area contributed by atoms with Gasteiger partial charge in [0.1, 0.15) is 12.0 Å². The number of benzene rings is 1. The average molecular weight is 380 g/mol. The van der Waals surface area contributed by atoms with Crippen molar-refractivity contribution >= 4 is 5.91 Å². The Hall–Kier alpha value is -3.00. The van der Waals surface area contributed by atoms with E-state index >= 15 is 0 Å². The maximum absolute atomic E-state index is 12.5. The van der Waals surface area contributed by atoms with E-state index in [1.807, 2.05) is 39.4 Å². The van der Waals surface area contributed by atoms with Crippen LogP contribution in [0.1, 0.15) is 23.2 Å². The molecule has 0 unspecified atom stereocenters. The van der Waals surface area contributed by atoms with Crippen LogP contribution in [0.15, 0.2) is 36.7 Å². The van der Waals surface area contributed by atoms with Crippen LogP contribution in [0.5, 0.6) is 0 Å². The first kappa shape index (κ1) is 18.4. The van der Waals surface area contributed by atoms with Gasteiger partial charge in [-0.1, -0.05) is 30.3 Å². The van der Waals surface area contributed by atoms with Crippen LogP contribution in [0, 0.1) is 0 Å². The lowest BCUT2D eigenvalue weighted by atomic mass is 10.0. The molecule has 0 fully saturated rings. The summed E-state index contributed by atoms with van der Waals surface area (Å²) in [6.45, 7) is 2.35. The van der Waals surface area contributed by atoms with E-state index in [9.17, 15) is 4.79 Å². The van der Waals surface area contributed by atoms with Gasteiger partial charge in [0.2, 0.25) is 5.91 Å². The standard InChI is InChI=1S/C20H24N6O2/c1-24-17-8-10-25(18(27)9-11-28-2)13-16(17)19(23-24)20-22-21-14-26(20)12-15-6-4-3-5-7-15/h3-7,14H,8-13H2,1-2H3. The Morgan fingerprint density at radius 2 is 2.07 bits per heavy atom. The van der Waals surface area contributed by atoms with Crippen molar-refractivity contribution < 1.29 is 9.53 Å². The van der Waals surface area contributed by atoms with Crippen LogP contribution < -0.4 is 0 Å². The second-order valence-corrected chi connectivity index (χ2v) is 6.97. The van der Waals surface area contributed by atoms with Crippen LogP contribution in [-0.4, -0.2) is 55.6 Å². The van der Waals surface area contributed by atoms with Crippen molar-refractivity contribution in [3.63, 3.8) is 0 Å². The molecule has 3 aromatic rings. The van der Waals surface area contributed by atoms with E-state index in [0.717, 1.165) is 29.2 Å². The number of methoxy groups -OCH3 is 1. The highest BCUT2D eigenvalue weighted by atomic mass is 16.5. The number of aromatic nitrogens is 5. The molecule has 0 N–H and O–H groups in total. The highest BCUT2D eigenvalue weighted by Crippen LogP contribution is 2.29. The third-order valence-corrected chi connectivity index (χ3v) is 5.14. The summed E-state index contributed by atoms with van der Waals surface area (Å²) in [5, 5.41) is 13.2. The van der Waals surface area contributed by atoms with E-state index in [0.29, 0.717) is 32.7 Å². The number of hydrogen-bond donors (Lipinski definition) is 0. The molecule has 0 aliphatic carbocycles. The van der Waals surface area contributed by atoms with Crippen LogP contribution in [0.4, 0.5) is 0 Å². The minimum absolute atomic E-state index is 0.105. The Labute approximate surface area is 163 Å². The van der Waals surface area contributed by atoms with Crippen molar-refractivity contribution in [2.75, 3.05) is 20.3 Å². The normalized spacial score (nSPS) is 13.6. The molecule has 146 valence electrons. The largest absolute Gasteiger partial charge is 0.384 e. The molecule has 0 atom stereocenters. The van der Waals surface area contributed by atoms with Crippen LogP contribution in [0.25, 0.3) is 11.5 Å². The van der Waals surface area contributed by atoms with Gasteiger partial charge in [-0.3, -0.25) is 9.48 Å². The van der Waals surface area contributed by atoms with Crippen molar-refractivity contribution in [3.8, 4) is 11.5 Å². The topological polar surface area (TPSA) is 78.1 Å². The highest BCUT2D eigenvalue weighted by molar-refractivity contribution is 5.77. The zero-order valence-electron chi connectivity index (χ0n) is 16.2. The molecule has 1 aliphatic heterocycles. The lowest BCUT2D eigenvalue weighted by Gasteiger charge is -2.27. The molecular formula is C20H24N6O2. The molecule has 1 aliphatic rings. The molecule has 8 nitrogen and oxygen atoms in total. The molecular weight excluding hydrogens is 356 g/mol. The fraction of sp³-hybridized carbons (Fsp3) is 0.400. The van der Waals surface area contributed by atoms with Crippen LogP contribution in [0.2, 0.25) is 0 Å². The summed E-state index contributed by atoms with van der Waals surface area (Å²) in [7, 11) is 3.56. The van der Waals surface area contributed by atoms with Gasteiger partial charge in [0.15, 0.2) is 5.82 Å². The summed E-state index contributed by atoms with van der Waals surface area (Å²) < 4.78 is 8.96. The van der Waals surface area contributed by atoms with Gasteiger partial charge in [-0.2, -0.15) is 5.10 Å². The predicted octanol–water partition coefficient (Wildman–Crippen LogP) is 1.65. The fourth-order valence-electron chi connectivity index (χ4n) is 3.67. The number of ether oxygens (including phenoxy) is 1. The summed E-state index contributed by atoms with van der Waals surface area (Å²) in [5.74, 6) is 0.833. The van der Waals surface area contributed by atoms with Gasteiger partial charge in [-0.25, -0.2) is 0 Å². The van der Waals surface area contributed by atoms with Gasteiger partial charge in [-0.15, -0.1) is 10.2 Å². The molecule has 4 rings (SSSR count).